The summed E-state index contributed by atoms with van der Waals surface area (Å²) in [6.45, 7) is 5.93. The molecular formula is C23H38IN5O2. The number of carbonyl (C=O) groups excluding carboxylic acids is 1. The van der Waals surface area contributed by atoms with Gasteiger partial charge in [0.05, 0.1) is 0 Å². The minimum atomic E-state index is 0. The third kappa shape index (κ3) is 8.12. The lowest BCUT2D eigenvalue weighted by Gasteiger charge is -2.26. The van der Waals surface area contributed by atoms with Gasteiger partial charge >= 0.3 is 0 Å². The van der Waals surface area contributed by atoms with Gasteiger partial charge in [0, 0.05) is 56.9 Å². The molecule has 2 N–H and O–H groups in total. The molecule has 1 aromatic heterocycles. The van der Waals surface area contributed by atoms with Crippen LogP contribution in [0.5, 0.6) is 0 Å². The first-order chi connectivity index (χ1) is 14.7. The summed E-state index contributed by atoms with van der Waals surface area (Å²) in [4.78, 5) is 31.2. The Labute approximate surface area is 203 Å². The molecule has 0 spiro atoms. The van der Waals surface area contributed by atoms with Gasteiger partial charge in [0.15, 0.2) is 5.96 Å². The lowest BCUT2D eigenvalue weighted by Crippen LogP contribution is -2.45. The molecule has 2 aliphatic rings. The van der Waals surface area contributed by atoms with Crippen LogP contribution in [0.15, 0.2) is 34.2 Å². The van der Waals surface area contributed by atoms with Gasteiger partial charge in [-0.2, -0.15) is 0 Å². The fourth-order valence-electron chi connectivity index (χ4n) is 4.43. The van der Waals surface area contributed by atoms with E-state index in [4.69, 9.17) is 4.99 Å². The Kier molecular flexibility index (Phi) is 11.4. The molecule has 3 rings (SSSR count). The molecule has 1 saturated heterocycles. The summed E-state index contributed by atoms with van der Waals surface area (Å²) in [5, 5.41) is 6.83. The number of hydrogen-bond donors (Lipinski definition) is 2. The average molecular weight is 543 g/mol. The highest BCUT2D eigenvalue weighted by atomic mass is 127. The summed E-state index contributed by atoms with van der Waals surface area (Å²) < 4.78 is 1.74. The second-order valence-corrected chi connectivity index (χ2v) is 8.45. The molecule has 7 nitrogen and oxygen atoms in total. The van der Waals surface area contributed by atoms with Gasteiger partial charge in [0.1, 0.15) is 0 Å². The predicted octanol–water partition coefficient (Wildman–Crippen LogP) is 2.98. The van der Waals surface area contributed by atoms with E-state index in [2.05, 4.69) is 22.5 Å². The molecule has 1 saturated carbocycles. The second-order valence-electron chi connectivity index (χ2n) is 8.45. The van der Waals surface area contributed by atoms with Crippen molar-refractivity contribution >= 4 is 35.8 Å². The molecule has 8 heteroatoms. The Balaban J connectivity index is 0.00000341. The Morgan fingerprint density at radius 2 is 1.97 bits per heavy atom. The van der Waals surface area contributed by atoms with Gasteiger partial charge in [0.2, 0.25) is 11.5 Å². The summed E-state index contributed by atoms with van der Waals surface area (Å²) in [6, 6.07) is 5.51. The Morgan fingerprint density at radius 1 is 1.16 bits per heavy atom. The number of rotatable bonds is 8. The highest BCUT2D eigenvalue weighted by molar-refractivity contribution is 14.0. The number of nitrogens with zero attached hydrogens (tertiary/aromatic N) is 3. The van der Waals surface area contributed by atoms with Crippen molar-refractivity contribution in [3.63, 3.8) is 0 Å². The molecule has 2 fully saturated rings. The minimum Gasteiger partial charge on any atom is -0.357 e. The molecule has 0 radical (unpaired) electrons. The van der Waals surface area contributed by atoms with E-state index in [1.807, 2.05) is 12.3 Å². The average Bonchev–Trinajstić information content (AvgIpc) is 3.23. The summed E-state index contributed by atoms with van der Waals surface area (Å²) in [6.07, 6.45) is 10.4. The molecule has 174 valence electrons. The third-order valence-corrected chi connectivity index (χ3v) is 6.12. The molecule has 1 aliphatic carbocycles. The van der Waals surface area contributed by atoms with Crippen LogP contribution in [0.4, 0.5) is 0 Å². The van der Waals surface area contributed by atoms with E-state index < -0.39 is 0 Å². The molecule has 2 heterocycles. The molecule has 1 amide bonds. The molecule has 0 aromatic carbocycles. The van der Waals surface area contributed by atoms with Crippen molar-refractivity contribution in [2.75, 3.05) is 26.2 Å². The first kappa shape index (κ1) is 25.7. The molecule has 1 aromatic rings. The highest BCUT2D eigenvalue weighted by Crippen LogP contribution is 2.26. The van der Waals surface area contributed by atoms with Crippen LogP contribution < -0.4 is 16.2 Å². The maximum Gasteiger partial charge on any atom is 0.250 e. The normalized spacial score (nSPS) is 19.7. The summed E-state index contributed by atoms with van der Waals surface area (Å²) in [5.74, 6) is 1.43. The van der Waals surface area contributed by atoms with Crippen LogP contribution in [0.1, 0.15) is 58.3 Å². The van der Waals surface area contributed by atoms with Crippen molar-refractivity contribution in [3.05, 3.63) is 34.7 Å². The van der Waals surface area contributed by atoms with Gasteiger partial charge in [-0.05, 0) is 45.1 Å². The van der Waals surface area contributed by atoms with Crippen molar-refractivity contribution in [1.82, 2.24) is 20.1 Å². The number of unbranched alkanes of at least 4 members (excludes halogenated alkanes) is 1. The van der Waals surface area contributed by atoms with Gasteiger partial charge in [-0.25, -0.2) is 0 Å². The monoisotopic (exact) mass is 543 g/mol. The molecule has 1 atom stereocenters. The number of aryl methyl sites for hydroxylation is 1. The van der Waals surface area contributed by atoms with Crippen molar-refractivity contribution in [2.45, 2.75) is 70.9 Å². The number of hydrogen-bond acceptors (Lipinski definition) is 3. The van der Waals surface area contributed by atoms with E-state index in [1.165, 1.54) is 19.3 Å². The SMILES string of the molecule is CCNC(=NCCCCn1ccccc1=O)NC1CCN(C(=O)C2CCCCC2)C1.I. The summed E-state index contributed by atoms with van der Waals surface area (Å²) in [5.41, 5.74) is 0.0459. The molecule has 31 heavy (non-hydrogen) atoms. The van der Waals surface area contributed by atoms with Crippen LogP contribution >= 0.6 is 24.0 Å². The Bertz CT molecular complexity index is 760. The zero-order chi connectivity index (χ0) is 21.2. The maximum atomic E-state index is 12.8. The van der Waals surface area contributed by atoms with Crippen molar-refractivity contribution in [2.24, 2.45) is 10.9 Å². The molecular weight excluding hydrogens is 505 g/mol. The number of halogens is 1. The van der Waals surface area contributed by atoms with Gasteiger partial charge in [0.25, 0.3) is 0 Å². The van der Waals surface area contributed by atoms with E-state index >= 15 is 0 Å². The van der Waals surface area contributed by atoms with Gasteiger partial charge in [-0.15, -0.1) is 24.0 Å². The maximum absolute atomic E-state index is 12.8. The first-order valence-corrected chi connectivity index (χ1v) is 11.7. The Morgan fingerprint density at radius 3 is 2.71 bits per heavy atom. The lowest BCUT2D eigenvalue weighted by molar-refractivity contribution is -0.135. The van der Waals surface area contributed by atoms with E-state index in [-0.39, 0.29) is 41.5 Å². The zero-order valence-corrected chi connectivity index (χ0v) is 21.1. The molecule has 1 aliphatic heterocycles. The molecule has 0 bridgehead atoms. The fraction of sp³-hybridized carbons (Fsp3) is 0.696. The minimum absolute atomic E-state index is 0. The number of likely N-dealkylation sites (tertiary alicyclic amines) is 1. The van der Waals surface area contributed by atoms with Crippen LogP contribution in [-0.2, 0) is 11.3 Å². The van der Waals surface area contributed by atoms with Crippen LogP contribution in [-0.4, -0.2) is 53.6 Å². The number of nitrogens with one attached hydrogen (secondary N) is 2. The first-order valence-electron chi connectivity index (χ1n) is 11.7. The largest absolute Gasteiger partial charge is 0.357 e. The number of carbonyl (C=O) groups is 1. The van der Waals surface area contributed by atoms with Crippen molar-refractivity contribution < 1.29 is 4.79 Å². The van der Waals surface area contributed by atoms with E-state index in [0.717, 1.165) is 64.2 Å². The van der Waals surface area contributed by atoms with Crippen LogP contribution in [0.3, 0.4) is 0 Å². The Hall–Kier alpha value is -1.58. The quantitative estimate of drug-likeness (QED) is 0.229. The number of aromatic nitrogens is 1. The smallest absolute Gasteiger partial charge is 0.250 e. The van der Waals surface area contributed by atoms with Crippen molar-refractivity contribution in [1.29, 1.82) is 0 Å². The molecule has 1 unspecified atom stereocenters. The van der Waals surface area contributed by atoms with Gasteiger partial charge in [-0.3, -0.25) is 14.6 Å². The van der Waals surface area contributed by atoms with Crippen molar-refractivity contribution in [3.8, 4) is 0 Å². The fourth-order valence-corrected chi connectivity index (χ4v) is 4.43. The van der Waals surface area contributed by atoms with Gasteiger partial charge < -0.3 is 20.1 Å². The highest BCUT2D eigenvalue weighted by Gasteiger charge is 2.31. The number of pyridine rings is 1. The topological polar surface area (TPSA) is 78.7 Å². The van der Waals surface area contributed by atoms with Gasteiger partial charge in [-0.1, -0.05) is 25.3 Å². The number of guanidine groups is 1. The zero-order valence-electron chi connectivity index (χ0n) is 18.7. The standard InChI is InChI=1S/C23H37N5O2.HI/c1-2-24-23(25-14-7-9-16-27-15-8-6-12-21(27)29)26-20-13-17-28(18-20)22(30)19-10-4-3-5-11-19;/h6,8,12,15,19-20H,2-5,7,9-11,13-14,16-18H2,1H3,(H2,24,25,26);1H. The van der Waals surface area contributed by atoms with E-state index in [0.29, 0.717) is 12.5 Å². The lowest BCUT2D eigenvalue weighted by atomic mass is 9.88. The third-order valence-electron chi connectivity index (χ3n) is 6.12. The van der Waals surface area contributed by atoms with E-state index in [1.54, 1.807) is 16.7 Å². The van der Waals surface area contributed by atoms with Crippen LogP contribution in [0, 0.1) is 5.92 Å². The summed E-state index contributed by atoms with van der Waals surface area (Å²) in [7, 11) is 0. The second kappa shape index (κ2) is 13.8. The van der Waals surface area contributed by atoms with Crippen LogP contribution in [0.25, 0.3) is 0 Å². The predicted molar refractivity (Wildman–Crippen MR) is 136 cm³/mol. The van der Waals surface area contributed by atoms with Crippen LogP contribution in [0.2, 0.25) is 0 Å². The number of aliphatic imine (C=N–C) groups is 1. The van der Waals surface area contributed by atoms with E-state index in [9.17, 15) is 9.59 Å². The number of amides is 1. The summed E-state index contributed by atoms with van der Waals surface area (Å²) >= 11 is 0.